The second-order valence-corrected chi connectivity index (χ2v) is 6.99. The van der Waals surface area contributed by atoms with Crippen LogP contribution < -0.4 is 4.74 Å². The minimum atomic E-state index is -0.575. The number of nitro groups is 1. The topological polar surface area (TPSA) is 91.6 Å². The fourth-order valence-corrected chi connectivity index (χ4v) is 3.41. The molecule has 0 amide bonds. The number of rotatable bonds is 7. The van der Waals surface area contributed by atoms with Crippen molar-refractivity contribution in [1.82, 2.24) is 4.98 Å². The Labute approximate surface area is 184 Å². The van der Waals surface area contributed by atoms with Crippen molar-refractivity contribution in [3.8, 4) is 17.0 Å². The molecule has 0 radical (unpaired) electrons. The highest BCUT2D eigenvalue weighted by Crippen LogP contribution is 2.27. The largest absolute Gasteiger partial charge is 0.494 e. The van der Waals surface area contributed by atoms with Crippen molar-refractivity contribution in [2.75, 3.05) is 6.61 Å². The first kappa shape index (κ1) is 21.0. The molecule has 0 aliphatic rings. The number of para-hydroxylation sites is 2. The Kier molecular flexibility index (Phi) is 6.07. The number of carbonyl (C=O) groups excluding carboxylic acids is 1. The van der Waals surface area contributed by atoms with Gasteiger partial charge in [0.15, 0.2) is 0 Å². The van der Waals surface area contributed by atoms with Crippen LogP contribution in [-0.2, 0) is 11.3 Å². The quantitative estimate of drug-likeness (QED) is 0.217. The molecule has 0 fully saturated rings. The van der Waals surface area contributed by atoms with Crippen LogP contribution in [0.2, 0.25) is 0 Å². The first-order chi connectivity index (χ1) is 15.6. The summed E-state index contributed by atoms with van der Waals surface area (Å²) in [5.41, 5.74) is 2.68. The normalized spacial score (nSPS) is 10.7. The number of hydrogen-bond donors (Lipinski definition) is 0. The van der Waals surface area contributed by atoms with Gasteiger partial charge in [-0.3, -0.25) is 10.1 Å². The second-order valence-electron chi connectivity index (χ2n) is 6.99. The average Bonchev–Trinajstić information content (AvgIpc) is 2.82. The number of ether oxygens (including phenoxy) is 2. The van der Waals surface area contributed by atoms with Gasteiger partial charge in [-0.1, -0.05) is 30.3 Å². The van der Waals surface area contributed by atoms with Gasteiger partial charge in [0.05, 0.1) is 33.9 Å². The smallest absolute Gasteiger partial charge is 0.339 e. The maximum atomic E-state index is 13.0. The van der Waals surface area contributed by atoms with Crippen LogP contribution in [0.4, 0.5) is 5.69 Å². The molecule has 0 bridgehead atoms. The van der Waals surface area contributed by atoms with Gasteiger partial charge in [0.25, 0.3) is 5.69 Å². The molecule has 0 atom stereocenters. The van der Waals surface area contributed by atoms with E-state index in [1.165, 1.54) is 6.07 Å². The lowest BCUT2D eigenvalue weighted by Crippen LogP contribution is -2.08. The van der Waals surface area contributed by atoms with Crippen LogP contribution >= 0.6 is 0 Å². The Balaban J connectivity index is 1.67. The SMILES string of the molecule is CCOc1ccc(-c2cc(C(=O)OCc3ccccc3[N+](=O)[O-])c3ccccc3n2)cc1. The van der Waals surface area contributed by atoms with E-state index in [0.717, 1.165) is 11.3 Å². The third-order valence-corrected chi connectivity index (χ3v) is 4.94. The number of pyridine rings is 1. The fraction of sp³-hybridized carbons (Fsp3) is 0.120. The van der Waals surface area contributed by atoms with E-state index >= 15 is 0 Å². The molecule has 4 rings (SSSR count). The van der Waals surface area contributed by atoms with Crippen LogP contribution in [0.25, 0.3) is 22.2 Å². The van der Waals surface area contributed by atoms with Crippen LogP contribution in [-0.4, -0.2) is 22.5 Å². The highest BCUT2D eigenvalue weighted by atomic mass is 16.6. The van der Waals surface area contributed by atoms with E-state index in [1.807, 2.05) is 49.4 Å². The molecule has 7 heteroatoms. The first-order valence-corrected chi connectivity index (χ1v) is 10.1. The molecule has 0 spiro atoms. The van der Waals surface area contributed by atoms with Gasteiger partial charge in [-0.25, -0.2) is 9.78 Å². The molecule has 0 aliphatic carbocycles. The van der Waals surface area contributed by atoms with Gasteiger partial charge in [0.1, 0.15) is 12.4 Å². The zero-order chi connectivity index (χ0) is 22.5. The Morgan fingerprint density at radius 3 is 2.47 bits per heavy atom. The Hall–Kier alpha value is -4.26. The molecule has 160 valence electrons. The number of carbonyl (C=O) groups is 1. The molecule has 0 unspecified atom stereocenters. The molecule has 4 aromatic rings. The molecule has 32 heavy (non-hydrogen) atoms. The molecule has 0 aliphatic heterocycles. The van der Waals surface area contributed by atoms with E-state index in [4.69, 9.17) is 9.47 Å². The Morgan fingerprint density at radius 2 is 1.72 bits per heavy atom. The lowest BCUT2D eigenvalue weighted by atomic mass is 10.0. The fourth-order valence-electron chi connectivity index (χ4n) is 3.41. The Morgan fingerprint density at radius 1 is 1.00 bits per heavy atom. The van der Waals surface area contributed by atoms with E-state index in [2.05, 4.69) is 4.98 Å². The lowest BCUT2D eigenvalue weighted by molar-refractivity contribution is -0.385. The maximum absolute atomic E-state index is 13.0. The van der Waals surface area contributed by atoms with Crippen molar-refractivity contribution in [1.29, 1.82) is 0 Å². The number of nitro benzene ring substituents is 1. The van der Waals surface area contributed by atoms with E-state index in [0.29, 0.717) is 34.3 Å². The lowest BCUT2D eigenvalue weighted by Gasteiger charge is -2.11. The number of aromatic nitrogens is 1. The van der Waals surface area contributed by atoms with E-state index in [9.17, 15) is 14.9 Å². The zero-order valence-corrected chi connectivity index (χ0v) is 17.4. The number of benzene rings is 3. The van der Waals surface area contributed by atoms with Crippen LogP contribution in [0.3, 0.4) is 0 Å². The summed E-state index contributed by atoms with van der Waals surface area (Å²) in [6, 6.07) is 22.6. The standard InChI is InChI=1S/C25H20N2O5/c1-2-31-19-13-11-17(12-14-19)23-15-21(20-8-4-5-9-22(20)26-23)25(28)32-16-18-7-3-6-10-24(18)27(29)30/h3-15H,2,16H2,1H3. The third kappa shape index (κ3) is 4.41. The number of esters is 1. The van der Waals surface area contributed by atoms with Gasteiger partial charge < -0.3 is 9.47 Å². The van der Waals surface area contributed by atoms with E-state index in [1.54, 1.807) is 30.3 Å². The summed E-state index contributed by atoms with van der Waals surface area (Å²) in [4.78, 5) is 28.4. The van der Waals surface area contributed by atoms with Crippen LogP contribution in [0.5, 0.6) is 5.75 Å². The summed E-state index contributed by atoms with van der Waals surface area (Å²) >= 11 is 0. The molecule has 0 saturated heterocycles. The molecule has 0 saturated carbocycles. The van der Waals surface area contributed by atoms with Gasteiger partial charge in [0, 0.05) is 17.0 Å². The van der Waals surface area contributed by atoms with Gasteiger partial charge in [0.2, 0.25) is 0 Å². The minimum absolute atomic E-state index is 0.0880. The predicted molar refractivity (Wildman–Crippen MR) is 121 cm³/mol. The summed E-state index contributed by atoms with van der Waals surface area (Å²) < 4.78 is 11.0. The summed E-state index contributed by atoms with van der Waals surface area (Å²) in [5.74, 6) is 0.176. The molecule has 1 aromatic heterocycles. The molecular weight excluding hydrogens is 408 g/mol. The summed E-state index contributed by atoms with van der Waals surface area (Å²) in [7, 11) is 0. The van der Waals surface area contributed by atoms with Crippen molar-refractivity contribution in [3.63, 3.8) is 0 Å². The molecular formula is C25H20N2O5. The monoisotopic (exact) mass is 428 g/mol. The minimum Gasteiger partial charge on any atom is -0.494 e. The maximum Gasteiger partial charge on any atom is 0.339 e. The number of fused-ring (bicyclic) bond motifs is 1. The van der Waals surface area contributed by atoms with Crippen molar-refractivity contribution in [2.24, 2.45) is 0 Å². The van der Waals surface area contributed by atoms with Crippen LogP contribution in [0, 0.1) is 10.1 Å². The summed E-state index contributed by atoms with van der Waals surface area (Å²) in [5, 5.41) is 11.9. The van der Waals surface area contributed by atoms with Crippen molar-refractivity contribution < 1.29 is 19.2 Å². The van der Waals surface area contributed by atoms with Crippen molar-refractivity contribution in [2.45, 2.75) is 13.5 Å². The number of hydrogen-bond acceptors (Lipinski definition) is 6. The van der Waals surface area contributed by atoms with Crippen LogP contribution in [0.15, 0.2) is 78.9 Å². The molecule has 3 aromatic carbocycles. The van der Waals surface area contributed by atoms with Crippen LogP contribution in [0.1, 0.15) is 22.8 Å². The Bertz CT molecular complexity index is 1290. The van der Waals surface area contributed by atoms with Crippen molar-refractivity contribution >= 4 is 22.6 Å². The predicted octanol–water partition coefficient (Wildman–Crippen LogP) is 5.57. The highest BCUT2D eigenvalue weighted by molar-refractivity contribution is 6.04. The molecule has 0 N–H and O–H groups in total. The second kappa shape index (κ2) is 9.26. The van der Waals surface area contributed by atoms with Crippen molar-refractivity contribution in [3.05, 3.63) is 100 Å². The van der Waals surface area contributed by atoms with E-state index in [-0.39, 0.29) is 12.3 Å². The highest BCUT2D eigenvalue weighted by Gasteiger charge is 2.18. The molecule has 1 heterocycles. The van der Waals surface area contributed by atoms with E-state index < -0.39 is 10.9 Å². The van der Waals surface area contributed by atoms with Gasteiger partial charge >= 0.3 is 5.97 Å². The van der Waals surface area contributed by atoms with Gasteiger partial charge in [-0.2, -0.15) is 0 Å². The first-order valence-electron chi connectivity index (χ1n) is 10.1. The molecule has 7 nitrogen and oxygen atoms in total. The number of nitrogens with zero attached hydrogens (tertiary/aromatic N) is 2. The average molecular weight is 428 g/mol. The third-order valence-electron chi connectivity index (χ3n) is 4.94. The van der Waals surface area contributed by atoms with Gasteiger partial charge in [-0.05, 0) is 49.4 Å². The summed E-state index contributed by atoms with van der Waals surface area (Å²) in [6.07, 6.45) is 0. The zero-order valence-electron chi connectivity index (χ0n) is 17.4. The van der Waals surface area contributed by atoms with Gasteiger partial charge in [-0.15, -0.1) is 0 Å². The summed E-state index contributed by atoms with van der Waals surface area (Å²) in [6.45, 7) is 2.29.